The zero-order chi connectivity index (χ0) is 20.5. The molecular weight excluding hydrogens is 356 g/mol. The minimum Gasteiger partial charge on any atom is -0.401 e. The first-order valence-electron chi connectivity index (χ1n) is 10.4. The summed E-state index contributed by atoms with van der Waals surface area (Å²) in [6.07, 6.45) is 14.0. The van der Waals surface area contributed by atoms with Crippen LogP contribution in [0.3, 0.4) is 0 Å². The van der Waals surface area contributed by atoms with E-state index >= 15 is 0 Å². The van der Waals surface area contributed by atoms with Crippen molar-refractivity contribution in [1.29, 1.82) is 0 Å². The van der Waals surface area contributed by atoms with E-state index in [1.807, 2.05) is 0 Å². The fourth-order valence-corrected chi connectivity index (χ4v) is 8.54. The molecule has 0 spiro atoms. The first kappa shape index (κ1) is 22.2. The lowest BCUT2D eigenvalue weighted by Gasteiger charge is -2.44. The van der Waals surface area contributed by atoms with E-state index < -0.39 is 8.32 Å². The van der Waals surface area contributed by atoms with Gasteiger partial charge in [-0.3, -0.25) is 0 Å². The summed E-state index contributed by atoms with van der Waals surface area (Å²) >= 11 is 0. The van der Waals surface area contributed by atoms with Crippen LogP contribution in [0.2, 0.25) is 5.04 Å². The number of allylic oxidation sites excluding steroid dienone is 1. The van der Waals surface area contributed by atoms with E-state index in [4.69, 9.17) is 10.8 Å². The summed E-state index contributed by atoms with van der Waals surface area (Å²) in [5, 5.41) is 2.59. The van der Waals surface area contributed by atoms with Crippen LogP contribution in [0.5, 0.6) is 0 Å². The summed E-state index contributed by atoms with van der Waals surface area (Å²) < 4.78 is 7.18. The normalized spacial score (nSPS) is 13.4. The van der Waals surface area contributed by atoms with Gasteiger partial charge in [0.05, 0.1) is 6.10 Å². The van der Waals surface area contributed by atoms with Crippen LogP contribution in [0.4, 0.5) is 0 Å². The molecule has 2 heteroatoms. The lowest BCUT2D eigenvalue weighted by molar-refractivity contribution is 0.218. The van der Waals surface area contributed by atoms with Gasteiger partial charge in [0.15, 0.2) is 0 Å². The van der Waals surface area contributed by atoms with Crippen LogP contribution in [0, 0.1) is 12.3 Å². The van der Waals surface area contributed by atoms with Crippen molar-refractivity contribution in [3.8, 4) is 12.3 Å². The van der Waals surface area contributed by atoms with Gasteiger partial charge >= 0.3 is 0 Å². The van der Waals surface area contributed by atoms with Crippen molar-refractivity contribution in [2.24, 2.45) is 0 Å². The summed E-state index contributed by atoms with van der Waals surface area (Å²) in [7, 11) is -2.54. The Hall–Kier alpha value is -2.08. The lowest BCUT2D eigenvalue weighted by Crippen LogP contribution is -2.67. The molecule has 1 atom stereocenters. The van der Waals surface area contributed by atoms with Crippen LogP contribution in [-0.4, -0.2) is 14.4 Å². The van der Waals surface area contributed by atoms with Gasteiger partial charge in [-0.05, 0) is 34.0 Å². The molecule has 0 aliphatic carbocycles. The molecule has 1 nitrogen and oxygen atoms in total. The molecule has 0 heterocycles. The first-order chi connectivity index (χ1) is 13.5. The average molecular weight is 391 g/mol. The van der Waals surface area contributed by atoms with E-state index in [1.165, 1.54) is 23.2 Å². The Labute approximate surface area is 173 Å². The van der Waals surface area contributed by atoms with Crippen molar-refractivity contribution < 1.29 is 4.43 Å². The summed E-state index contributed by atoms with van der Waals surface area (Å²) in [4.78, 5) is 0. The van der Waals surface area contributed by atoms with Gasteiger partial charge in [0.2, 0.25) is 0 Å². The Morgan fingerprint density at radius 3 is 1.93 bits per heavy atom. The molecule has 0 radical (unpaired) electrons. The number of unbranched alkanes of at least 4 members (excludes halogenated alkanes) is 2. The SMILES string of the molecule is C#C/C=C/C(CCCCC)O[Si](c1ccccc1)(c1ccccc1)C(C)(C)C. The Bertz CT molecular complexity index is 726. The lowest BCUT2D eigenvalue weighted by atomic mass is 10.1. The third-order valence-corrected chi connectivity index (χ3v) is 10.3. The smallest absolute Gasteiger partial charge is 0.261 e. The monoisotopic (exact) mass is 390 g/mol. The van der Waals surface area contributed by atoms with E-state index in [0.29, 0.717) is 0 Å². The van der Waals surface area contributed by atoms with Crippen LogP contribution in [0.1, 0.15) is 53.4 Å². The zero-order valence-corrected chi connectivity index (χ0v) is 18.8. The molecule has 148 valence electrons. The molecule has 0 saturated heterocycles. The second-order valence-electron chi connectivity index (χ2n) is 8.34. The fraction of sp³-hybridized carbons (Fsp3) is 0.385. The third-order valence-electron chi connectivity index (χ3n) is 5.24. The van der Waals surface area contributed by atoms with Crippen molar-refractivity contribution in [3.05, 3.63) is 72.8 Å². The maximum Gasteiger partial charge on any atom is 0.261 e. The minimum absolute atomic E-state index is 0.0221. The molecule has 2 rings (SSSR count). The highest BCUT2D eigenvalue weighted by Crippen LogP contribution is 2.38. The molecule has 0 aliphatic heterocycles. The Kier molecular flexibility index (Phi) is 8.29. The van der Waals surface area contributed by atoms with Gasteiger partial charge in [-0.25, -0.2) is 0 Å². The van der Waals surface area contributed by atoms with E-state index in [2.05, 4.69) is 100 Å². The topological polar surface area (TPSA) is 9.23 Å². The molecule has 2 aromatic rings. The van der Waals surface area contributed by atoms with Crippen molar-refractivity contribution in [3.63, 3.8) is 0 Å². The zero-order valence-electron chi connectivity index (χ0n) is 17.8. The maximum atomic E-state index is 7.18. The fourth-order valence-electron chi connectivity index (χ4n) is 3.87. The highest BCUT2D eigenvalue weighted by atomic mass is 28.4. The second-order valence-corrected chi connectivity index (χ2v) is 12.6. The van der Waals surface area contributed by atoms with Gasteiger partial charge < -0.3 is 4.43 Å². The van der Waals surface area contributed by atoms with Crippen molar-refractivity contribution >= 4 is 18.7 Å². The molecule has 1 unspecified atom stereocenters. The van der Waals surface area contributed by atoms with Gasteiger partial charge in [0.1, 0.15) is 0 Å². The van der Waals surface area contributed by atoms with Gasteiger partial charge in [-0.2, -0.15) is 0 Å². The van der Waals surface area contributed by atoms with Gasteiger partial charge in [-0.1, -0.05) is 114 Å². The van der Waals surface area contributed by atoms with Crippen LogP contribution in [-0.2, 0) is 4.43 Å². The number of terminal acetylenes is 1. The molecular formula is C26H34OSi. The number of rotatable bonds is 9. The molecule has 0 fully saturated rings. The first-order valence-corrected chi connectivity index (χ1v) is 12.3. The minimum atomic E-state index is -2.54. The van der Waals surface area contributed by atoms with Crippen molar-refractivity contribution in [1.82, 2.24) is 0 Å². The van der Waals surface area contributed by atoms with Crippen molar-refractivity contribution in [2.45, 2.75) is 64.5 Å². The summed E-state index contributed by atoms with van der Waals surface area (Å²) in [6, 6.07) is 21.6. The number of hydrogen-bond donors (Lipinski definition) is 0. The Morgan fingerprint density at radius 1 is 0.964 bits per heavy atom. The molecule has 0 bridgehead atoms. The maximum absolute atomic E-state index is 7.18. The van der Waals surface area contributed by atoms with Crippen LogP contribution in [0.15, 0.2) is 72.8 Å². The molecule has 0 N–H and O–H groups in total. The summed E-state index contributed by atoms with van der Waals surface area (Å²) in [5.74, 6) is 2.65. The van der Waals surface area contributed by atoms with E-state index in [9.17, 15) is 0 Å². The van der Waals surface area contributed by atoms with E-state index in [-0.39, 0.29) is 11.1 Å². The highest BCUT2D eigenvalue weighted by molar-refractivity contribution is 6.99. The predicted molar refractivity (Wildman–Crippen MR) is 125 cm³/mol. The predicted octanol–water partition coefficient (Wildman–Crippen LogP) is 5.70. The summed E-state index contributed by atoms with van der Waals surface area (Å²) in [6.45, 7) is 9.17. The molecule has 2 aromatic carbocycles. The van der Waals surface area contributed by atoms with Gasteiger partial charge in [0.25, 0.3) is 8.32 Å². The number of benzene rings is 2. The van der Waals surface area contributed by atoms with E-state index in [0.717, 1.165) is 12.8 Å². The molecule has 28 heavy (non-hydrogen) atoms. The summed E-state index contributed by atoms with van der Waals surface area (Å²) in [5.41, 5.74) is 0. The Balaban J connectivity index is 2.59. The molecule has 0 saturated carbocycles. The largest absolute Gasteiger partial charge is 0.401 e. The average Bonchev–Trinajstić information content (AvgIpc) is 2.70. The van der Waals surface area contributed by atoms with Gasteiger partial charge in [0, 0.05) is 0 Å². The van der Waals surface area contributed by atoms with E-state index in [1.54, 1.807) is 6.08 Å². The van der Waals surface area contributed by atoms with Crippen molar-refractivity contribution in [2.75, 3.05) is 0 Å². The van der Waals surface area contributed by atoms with Gasteiger partial charge in [-0.15, -0.1) is 6.42 Å². The van der Waals surface area contributed by atoms with Crippen LogP contribution >= 0.6 is 0 Å². The number of hydrogen-bond acceptors (Lipinski definition) is 1. The third kappa shape index (κ3) is 5.25. The quantitative estimate of drug-likeness (QED) is 0.303. The second kappa shape index (κ2) is 10.5. The standard InChI is InChI=1S/C26H34OSi/c1-6-8-12-18-23(17-9-7-2)27-28(26(3,4)5,24-19-13-10-14-20-24)25-21-15-11-16-22-25/h2,9-11,13-17,19-23H,6,8,12,18H2,1,3-5H3/b17-9+. The molecule has 0 aromatic heterocycles. The van der Waals surface area contributed by atoms with Crippen LogP contribution in [0.25, 0.3) is 0 Å². The van der Waals surface area contributed by atoms with Crippen LogP contribution < -0.4 is 10.4 Å². The highest BCUT2D eigenvalue weighted by Gasteiger charge is 2.51. The molecule has 0 amide bonds. The Morgan fingerprint density at radius 2 is 1.50 bits per heavy atom. The molecule has 0 aliphatic rings.